The van der Waals surface area contributed by atoms with Gasteiger partial charge >= 0.3 is 0 Å². The minimum absolute atomic E-state index is 0.161. The predicted octanol–water partition coefficient (Wildman–Crippen LogP) is 0.434. The van der Waals surface area contributed by atoms with Crippen LogP contribution in [0.2, 0.25) is 0 Å². The van der Waals surface area contributed by atoms with Crippen molar-refractivity contribution in [3.05, 3.63) is 29.6 Å². The predicted molar refractivity (Wildman–Crippen MR) is 63.2 cm³/mol. The molecule has 0 aliphatic carbocycles. The fraction of sp³-hybridized carbons (Fsp3) is 0.273. The van der Waals surface area contributed by atoms with E-state index in [0.29, 0.717) is 13.0 Å². The summed E-state index contributed by atoms with van der Waals surface area (Å²) in [7, 11) is -2.07. The van der Waals surface area contributed by atoms with Crippen LogP contribution in [0.1, 0.15) is 12.0 Å². The number of sulfonamides is 1. The molecule has 0 spiro atoms. The van der Waals surface area contributed by atoms with Crippen molar-refractivity contribution in [2.24, 2.45) is 5.14 Å². The van der Waals surface area contributed by atoms with E-state index in [1.165, 1.54) is 12.1 Å². The smallest absolute Gasteiger partial charge is 0.238 e. The first-order valence-electron chi connectivity index (χ1n) is 4.91. The van der Waals surface area contributed by atoms with E-state index >= 15 is 0 Å². The van der Waals surface area contributed by atoms with Crippen LogP contribution in [-0.4, -0.2) is 22.0 Å². The van der Waals surface area contributed by atoms with Crippen molar-refractivity contribution < 1.29 is 12.8 Å². The Morgan fingerprint density at radius 1 is 1.47 bits per heavy atom. The summed E-state index contributed by atoms with van der Waals surface area (Å²) in [6.07, 6.45) is 0.590. The Hall–Kier alpha value is -1.42. The first kappa shape index (κ1) is 13.6. The molecule has 17 heavy (non-hydrogen) atoms. The zero-order valence-corrected chi connectivity index (χ0v) is 10.1. The van der Waals surface area contributed by atoms with Crippen molar-refractivity contribution >= 4 is 10.0 Å². The fourth-order valence-corrected chi connectivity index (χ4v) is 1.64. The third kappa shape index (κ3) is 4.15. The van der Waals surface area contributed by atoms with Gasteiger partial charge in [-0.25, -0.2) is 17.9 Å². The number of hydrogen-bond acceptors (Lipinski definition) is 3. The highest BCUT2D eigenvalue weighted by Crippen LogP contribution is 2.12. The van der Waals surface area contributed by atoms with Crippen molar-refractivity contribution in [3.8, 4) is 11.8 Å². The van der Waals surface area contributed by atoms with E-state index < -0.39 is 15.8 Å². The van der Waals surface area contributed by atoms with Crippen LogP contribution < -0.4 is 10.5 Å². The second-order valence-electron chi connectivity index (χ2n) is 3.34. The van der Waals surface area contributed by atoms with E-state index in [1.807, 2.05) is 0 Å². The second-order valence-corrected chi connectivity index (χ2v) is 4.90. The molecule has 0 saturated heterocycles. The van der Waals surface area contributed by atoms with Gasteiger partial charge in [0, 0.05) is 13.0 Å². The summed E-state index contributed by atoms with van der Waals surface area (Å²) in [5, 5.41) is 7.78. The summed E-state index contributed by atoms with van der Waals surface area (Å²) in [6, 6.07) is 3.42. The van der Waals surface area contributed by atoms with Crippen molar-refractivity contribution in [1.82, 2.24) is 5.32 Å². The molecule has 3 N–H and O–H groups in total. The molecule has 0 radical (unpaired) electrons. The summed E-state index contributed by atoms with van der Waals surface area (Å²) < 4.78 is 35.4. The molecule has 1 aromatic carbocycles. The Kier molecular flexibility index (Phi) is 4.63. The van der Waals surface area contributed by atoms with Crippen LogP contribution in [0.15, 0.2) is 23.1 Å². The summed E-state index contributed by atoms with van der Waals surface area (Å²) in [6.45, 7) is 0.712. The molecular weight excluding hydrogens is 243 g/mol. The van der Waals surface area contributed by atoms with E-state index in [4.69, 9.17) is 5.14 Å². The molecular formula is C11H13FN2O2S. The Bertz CT molecular complexity index is 559. The number of primary sulfonamides is 1. The highest BCUT2D eigenvalue weighted by molar-refractivity contribution is 7.89. The minimum Gasteiger partial charge on any atom is -0.319 e. The molecule has 92 valence electrons. The van der Waals surface area contributed by atoms with Crippen molar-refractivity contribution in [2.45, 2.75) is 11.3 Å². The summed E-state index contributed by atoms with van der Waals surface area (Å²) in [4.78, 5) is -0.254. The zero-order chi connectivity index (χ0) is 12.9. The number of rotatable bonds is 3. The van der Waals surface area contributed by atoms with Gasteiger partial charge in [-0.05, 0) is 25.2 Å². The van der Waals surface area contributed by atoms with Gasteiger partial charge in [-0.3, -0.25) is 0 Å². The lowest BCUT2D eigenvalue weighted by molar-refractivity contribution is 0.591. The van der Waals surface area contributed by atoms with Gasteiger partial charge < -0.3 is 5.32 Å². The standard InChI is InChI=1S/C11H13FN2O2S/c1-14-7-3-2-4-9-5-6-10(8-11(9)12)17(13,15)16/h5-6,8,14H,3,7H2,1H3,(H2,13,15,16). The van der Waals surface area contributed by atoms with Crippen molar-refractivity contribution in [1.29, 1.82) is 0 Å². The number of nitrogens with two attached hydrogens (primary N) is 1. The number of nitrogens with one attached hydrogen (secondary N) is 1. The third-order valence-corrected chi connectivity index (χ3v) is 2.90. The van der Waals surface area contributed by atoms with Gasteiger partial charge in [-0.1, -0.05) is 11.8 Å². The highest BCUT2D eigenvalue weighted by Gasteiger charge is 2.10. The lowest BCUT2D eigenvalue weighted by Gasteiger charge is -1.99. The summed E-state index contributed by atoms with van der Waals surface area (Å²) in [5.41, 5.74) is 0.161. The van der Waals surface area contributed by atoms with Crippen LogP contribution in [0.3, 0.4) is 0 Å². The molecule has 4 nitrogen and oxygen atoms in total. The minimum atomic E-state index is -3.87. The Morgan fingerprint density at radius 3 is 2.71 bits per heavy atom. The molecule has 0 saturated carbocycles. The molecule has 0 atom stereocenters. The SMILES string of the molecule is CNCCC#Cc1ccc(S(N)(=O)=O)cc1F. The Morgan fingerprint density at radius 2 is 2.18 bits per heavy atom. The molecule has 0 amide bonds. The van der Waals surface area contributed by atoms with Crippen LogP contribution >= 0.6 is 0 Å². The quantitative estimate of drug-likeness (QED) is 0.608. The van der Waals surface area contributed by atoms with Gasteiger partial charge in [-0.15, -0.1) is 0 Å². The molecule has 0 aliphatic rings. The average Bonchev–Trinajstić information content (AvgIpc) is 2.24. The summed E-state index contributed by atoms with van der Waals surface area (Å²) in [5.74, 6) is 4.71. The van der Waals surface area contributed by atoms with Crippen LogP contribution in [0, 0.1) is 17.7 Å². The van der Waals surface area contributed by atoms with E-state index in [2.05, 4.69) is 17.2 Å². The van der Waals surface area contributed by atoms with Crippen LogP contribution in [-0.2, 0) is 10.0 Å². The molecule has 0 unspecified atom stereocenters. The summed E-state index contributed by atoms with van der Waals surface area (Å²) >= 11 is 0. The maximum atomic E-state index is 13.5. The van der Waals surface area contributed by atoms with Gasteiger partial charge in [0.1, 0.15) is 5.82 Å². The number of halogens is 1. The monoisotopic (exact) mass is 256 g/mol. The zero-order valence-electron chi connectivity index (χ0n) is 9.33. The van der Waals surface area contributed by atoms with Crippen LogP contribution in [0.4, 0.5) is 4.39 Å². The molecule has 1 aromatic rings. The van der Waals surface area contributed by atoms with E-state index in [-0.39, 0.29) is 10.5 Å². The van der Waals surface area contributed by atoms with Crippen LogP contribution in [0.25, 0.3) is 0 Å². The van der Waals surface area contributed by atoms with Crippen molar-refractivity contribution in [2.75, 3.05) is 13.6 Å². The lowest BCUT2D eigenvalue weighted by atomic mass is 10.2. The molecule has 0 bridgehead atoms. The topological polar surface area (TPSA) is 72.2 Å². The van der Waals surface area contributed by atoms with Crippen molar-refractivity contribution in [3.63, 3.8) is 0 Å². The van der Waals surface area contributed by atoms with E-state index in [1.54, 1.807) is 7.05 Å². The largest absolute Gasteiger partial charge is 0.319 e. The third-order valence-electron chi connectivity index (χ3n) is 1.99. The maximum absolute atomic E-state index is 13.5. The van der Waals surface area contributed by atoms with Crippen LogP contribution in [0.5, 0.6) is 0 Å². The van der Waals surface area contributed by atoms with Gasteiger partial charge in [0.05, 0.1) is 10.5 Å². The molecule has 0 fully saturated rings. The van der Waals surface area contributed by atoms with Gasteiger partial charge in [-0.2, -0.15) is 0 Å². The first-order chi connectivity index (χ1) is 7.95. The first-order valence-corrected chi connectivity index (χ1v) is 6.45. The Labute approximate surface area is 100 Å². The normalized spacial score (nSPS) is 10.8. The molecule has 0 aliphatic heterocycles. The van der Waals surface area contributed by atoms with Gasteiger partial charge in [0.15, 0.2) is 0 Å². The lowest BCUT2D eigenvalue weighted by Crippen LogP contribution is -2.12. The molecule has 0 heterocycles. The highest BCUT2D eigenvalue weighted by atomic mass is 32.2. The number of benzene rings is 1. The van der Waals surface area contributed by atoms with E-state index in [0.717, 1.165) is 6.07 Å². The molecule has 1 rings (SSSR count). The Balaban J connectivity index is 2.94. The molecule has 6 heteroatoms. The fourth-order valence-electron chi connectivity index (χ4n) is 1.12. The molecule has 0 aromatic heterocycles. The van der Waals surface area contributed by atoms with Gasteiger partial charge in [0.2, 0.25) is 10.0 Å². The number of hydrogen-bond donors (Lipinski definition) is 2. The second kappa shape index (κ2) is 5.77. The van der Waals surface area contributed by atoms with E-state index in [9.17, 15) is 12.8 Å². The maximum Gasteiger partial charge on any atom is 0.238 e. The average molecular weight is 256 g/mol. The van der Waals surface area contributed by atoms with Gasteiger partial charge in [0.25, 0.3) is 0 Å².